The fourth-order valence-electron chi connectivity index (χ4n) is 1.57. The molecule has 0 saturated carbocycles. The van der Waals surface area contributed by atoms with Crippen molar-refractivity contribution in [3.8, 4) is 0 Å². The van der Waals surface area contributed by atoms with E-state index in [1.165, 1.54) is 0 Å². The summed E-state index contributed by atoms with van der Waals surface area (Å²) in [6, 6.07) is 7.70. The third-order valence-corrected chi connectivity index (χ3v) is 2.07. The highest BCUT2D eigenvalue weighted by Gasteiger charge is 2.31. The van der Waals surface area contributed by atoms with Crippen LogP contribution in [-0.4, -0.2) is 16.0 Å². The van der Waals surface area contributed by atoms with Gasteiger partial charge in [0.1, 0.15) is 0 Å². The van der Waals surface area contributed by atoms with Crippen molar-refractivity contribution < 1.29 is 10.2 Å². The monoisotopic (exact) mass is 150 g/mol. The zero-order valence-electron chi connectivity index (χ0n) is 6.12. The van der Waals surface area contributed by atoms with Gasteiger partial charge in [0, 0.05) is 12.8 Å². The molecule has 11 heavy (non-hydrogen) atoms. The summed E-state index contributed by atoms with van der Waals surface area (Å²) in [4.78, 5) is 0. The van der Waals surface area contributed by atoms with Crippen LogP contribution in [0.5, 0.6) is 0 Å². The first-order valence-electron chi connectivity index (χ1n) is 3.69. The molecule has 58 valence electrons. The Morgan fingerprint density at radius 1 is 1.00 bits per heavy atom. The number of rotatable bonds is 0. The second kappa shape index (κ2) is 2.06. The lowest BCUT2D eigenvalue weighted by atomic mass is 10.1. The summed E-state index contributed by atoms with van der Waals surface area (Å²) in [5.74, 6) is -1.50. The molecule has 0 saturated heterocycles. The van der Waals surface area contributed by atoms with E-state index in [4.69, 9.17) is 0 Å². The quantitative estimate of drug-likeness (QED) is 0.528. The van der Waals surface area contributed by atoms with Gasteiger partial charge in [-0.05, 0) is 11.1 Å². The molecule has 1 aromatic carbocycles. The molecular formula is C9H10O2. The van der Waals surface area contributed by atoms with Crippen molar-refractivity contribution >= 4 is 0 Å². The first-order valence-corrected chi connectivity index (χ1v) is 3.69. The predicted molar refractivity (Wildman–Crippen MR) is 41.0 cm³/mol. The fraction of sp³-hybridized carbons (Fsp3) is 0.333. The lowest BCUT2D eigenvalue weighted by Gasteiger charge is -2.11. The predicted octanol–water partition coefficient (Wildman–Crippen LogP) is 0.466. The van der Waals surface area contributed by atoms with E-state index in [1.807, 2.05) is 24.3 Å². The van der Waals surface area contributed by atoms with E-state index in [-0.39, 0.29) is 0 Å². The number of aliphatic hydroxyl groups is 2. The van der Waals surface area contributed by atoms with Crippen LogP contribution in [-0.2, 0) is 12.8 Å². The van der Waals surface area contributed by atoms with Crippen LogP contribution in [0, 0.1) is 0 Å². The zero-order chi connectivity index (χ0) is 7.90. The summed E-state index contributed by atoms with van der Waals surface area (Å²) >= 11 is 0. The molecule has 0 radical (unpaired) electrons. The largest absolute Gasteiger partial charge is 0.365 e. The van der Waals surface area contributed by atoms with Crippen LogP contribution in [0.1, 0.15) is 11.1 Å². The summed E-state index contributed by atoms with van der Waals surface area (Å²) in [5, 5.41) is 18.5. The van der Waals surface area contributed by atoms with E-state index >= 15 is 0 Å². The minimum absolute atomic E-state index is 0.364. The molecular weight excluding hydrogens is 140 g/mol. The van der Waals surface area contributed by atoms with Gasteiger partial charge in [0.2, 0.25) is 0 Å². The Morgan fingerprint density at radius 2 is 1.45 bits per heavy atom. The Morgan fingerprint density at radius 3 is 1.91 bits per heavy atom. The Bertz CT molecular complexity index is 252. The first kappa shape index (κ1) is 6.83. The molecule has 0 fully saturated rings. The Labute approximate surface area is 65.1 Å². The Balaban J connectivity index is 2.41. The molecule has 1 aliphatic carbocycles. The maximum Gasteiger partial charge on any atom is 0.170 e. The van der Waals surface area contributed by atoms with Gasteiger partial charge >= 0.3 is 0 Å². The number of benzene rings is 1. The summed E-state index contributed by atoms with van der Waals surface area (Å²) < 4.78 is 0. The van der Waals surface area contributed by atoms with Crippen LogP contribution >= 0.6 is 0 Å². The van der Waals surface area contributed by atoms with Gasteiger partial charge in [-0.25, -0.2) is 0 Å². The molecule has 0 unspecified atom stereocenters. The van der Waals surface area contributed by atoms with E-state index < -0.39 is 5.79 Å². The Hall–Kier alpha value is -0.860. The summed E-state index contributed by atoms with van der Waals surface area (Å²) in [7, 11) is 0. The summed E-state index contributed by atoms with van der Waals surface area (Å²) in [6.45, 7) is 0. The van der Waals surface area contributed by atoms with E-state index in [1.54, 1.807) is 0 Å². The van der Waals surface area contributed by atoms with Crippen LogP contribution < -0.4 is 0 Å². The SMILES string of the molecule is OC1(O)Cc2ccccc2C1. The number of hydrogen-bond acceptors (Lipinski definition) is 2. The minimum atomic E-state index is -1.50. The molecule has 0 aromatic heterocycles. The van der Waals surface area contributed by atoms with Gasteiger partial charge in [-0.1, -0.05) is 24.3 Å². The van der Waals surface area contributed by atoms with Gasteiger partial charge in [-0.3, -0.25) is 0 Å². The lowest BCUT2D eigenvalue weighted by Crippen LogP contribution is -2.27. The number of fused-ring (bicyclic) bond motifs is 1. The van der Waals surface area contributed by atoms with E-state index in [9.17, 15) is 10.2 Å². The maximum atomic E-state index is 9.27. The van der Waals surface area contributed by atoms with E-state index in [0.717, 1.165) is 11.1 Å². The standard InChI is InChI=1S/C9H10O2/c10-9(11)5-7-3-1-2-4-8(7)6-9/h1-4,10-11H,5-6H2. The van der Waals surface area contributed by atoms with Gasteiger partial charge in [0.25, 0.3) is 0 Å². The van der Waals surface area contributed by atoms with Crippen LogP contribution in [0.15, 0.2) is 24.3 Å². The van der Waals surface area contributed by atoms with Crippen LogP contribution in [0.2, 0.25) is 0 Å². The van der Waals surface area contributed by atoms with E-state index in [0.29, 0.717) is 12.8 Å². The Kier molecular flexibility index (Phi) is 1.28. The highest BCUT2D eigenvalue weighted by molar-refractivity contribution is 5.33. The zero-order valence-corrected chi connectivity index (χ0v) is 6.12. The second-order valence-corrected chi connectivity index (χ2v) is 3.10. The molecule has 2 rings (SSSR count). The molecule has 0 aliphatic heterocycles. The van der Waals surface area contributed by atoms with E-state index in [2.05, 4.69) is 0 Å². The molecule has 1 aliphatic rings. The van der Waals surface area contributed by atoms with Crippen LogP contribution in [0.3, 0.4) is 0 Å². The molecule has 0 spiro atoms. The molecule has 0 bridgehead atoms. The fourth-order valence-corrected chi connectivity index (χ4v) is 1.57. The average molecular weight is 150 g/mol. The lowest BCUT2D eigenvalue weighted by molar-refractivity contribution is -0.150. The minimum Gasteiger partial charge on any atom is -0.365 e. The van der Waals surface area contributed by atoms with Crippen LogP contribution in [0.4, 0.5) is 0 Å². The van der Waals surface area contributed by atoms with Crippen molar-refractivity contribution in [3.63, 3.8) is 0 Å². The summed E-state index contributed by atoms with van der Waals surface area (Å²) in [5.41, 5.74) is 2.11. The molecule has 2 nitrogen and oxygen atoms in total. The second-order valence-electron chi connectivity index (χ2n) is 3.10. The summed E-state index contributed by atoms with van der Waals surface area (Å²) in [6.07, 6.45) is 0.729. The molecule has 0 heterocycles. The molecule has 0 atom stereocenters. The van der Waals surface area contributed by atoms with Crippen LogP contribution in [0.25, 0.3) is 0 Å². The van der Waals surface area contributed by atoms with Crippen molar-refractivity contribution in [2.45, 2.75) is 18.6 Å². The van der Waals surface area contributed by atoms with Gasteiger partial charge in [0.05, 0.1) is 0 Å². The smallest absolute Gasteiger partial charge is 0.170 e. The molecule has 0 amide bonds. The van der Waals surface area contributed by atoms with Crippen molar-refractivity contribution in [2.24, 2.45) is 0 Å². The van der Waals surface area contributed by atoms with Crippen molar-refractivity contribution in [1.82, 2.24) is 0 Å². The molecule has 1 aromatic rings. The third kappa shape index (κ3) is 1.15. The maximum absolute atomic E-state index is 9.27. The van der Waals surface area contributed by atoms with Gasteiger partial charge in [0.15, 0.2) is 5.79 Å². The van der Waals surface area contributed by atoms with Crippen molar-refractivity contribution in [2.75, 3.05) is 0 Å². The van der Waals surface area contributed by atoms with Gasteiger partial charge in [-0.2, -0.15) is 0 Å². The average Bonchev–Trinajstić information content (AvgIpc) is 2.21. The van der Waals surface area contributed by atoms with Crippen molar-refractivity contribution in [3.05, 3.63) is 35.4 Å². The topological polar surface area (TPSA) is 40.5 Å². The number of hydrogen-bond donors (Lipinski definition) is 2. The highest BCUT2D eigenvalue weighted by Crippen LogP contribution is 2.27. The highest BCUT2D eigenvalue weighted by atomic mass is 16.5. The van der Waals surface area contributed by atoms with Crippen molar-refractivity contribution in [1.29, 1.82) is 0 Å². The molecule has 2 heteroatoms. The first-order chi connectivity index (χ1) is 5.17. The normalized spacial score (nSPS) is 19.8. The third-order valence-electron chi connectivity index (χ3n) is 2.07. The van der Waals surface area contributed by atoms with Gasteiger partial charge < -0.3 is 10.2 Å². The van der Waals surface area contributed by atoms with Gasteiger partial charge in [-0.15, -0.1) is 0 Å². The molecule has 2 N–H and O–H groups in total.